The number of benzene rings is 3. The van der Waals surface area contributed by atoms with Crippen LogP contribution in [0.1, 0.15) is 15.9 Å². The molecule has 0 aliphatic carbocycles. The van der Waals surface area contributed by atoms with Crippen LogP contribution >= 0.6 is 0 Å². The lowest BCUT2D eigenvalue weighted by atomic mass is 9.99. The molecule has 0 fully saturated rings. The average Bonchev–Trinajstić information content (AvgIpc) is 2.86. The third-order valence-electron chi connectivity index (χ3n) is 4.11. The Hall–Kier alpha value is -3.27. The van der Waals surface area contributed by atoms with Crippen molar-refractivity contribution in [2.45, 2.75) is 0 Å². The lowest BCUT2D eigenvalue weighted by Gasteiger charge is -2.04. The Morgan fingerprint density at radius 2 is 1.42 bits per heavy atom. The molecule has 0 atom stereocenters. The van der Waals surface area contributed by atoms with Crippen LogP contribution in [-0.2, 0) is 0 Å². The highest BCUT2D eigenvalue weighted by Crippen LogP contribution is 2.29. The van der Waals surface area contributed by atoms with Crippen LogP contribution in [0, 0.1) is 11.0 Å². The molecule has 0 amide bonds. The summed E-state index contributed by atoms with van der Waals surface area (Å²) in [5.74, 6) is -0.921. The second-order valence-corrected chi connectivity index (χ2v) is 5.58. The van der Waals surface area contributed by atoms with Gasteiger partial charge >= 0.3 is 0 Å². The fraction of sp³-hybridized carbons (Fsp3) is 0. The van der Waals surface area contributed by atoms with Crippen molar-refractivity contribution in [3.8, 4) is 11.1 Å². The van der Waals surface area contributed by atoms with Crippen molar-refractivity contribution >= 4 is 17.2 Å². The molecule has 3 nitrogen and oxygen atoms in total. The van der Waals surface area contributed by atoms with Crippen LogP contribution in [0.3, 0.4) is 0 Å². The van der Waals surface area contributed by atoms with Crippen molar-refractivity contribution in [2.75, 3.05) is 0 Å². The second kappa shape index (κ2) is 5.42. The van der Waals surface area contributed by atoms with Crippen LogP contribution < -0.4 is 0 Å². The van der Waals surface area contributed by atoms with E-state index in [9.17, 15) is 14.4 Å². The Morgan fingerprint density at radius 3 is 2.12 bits per heavy atom. The van der Waals surface area contributed by atoms with E-state index in [0.29, 0.717) is 10.3 Å². The molecular weight excluding hydrogens is 305 g/mol. The van der Waals surface area contributed by atoms with E-state index in [-0.39, 0.29) is 22.7 Å². The van der Waals surface area contributed by atoms with Crippen molar-refractivity contribution in [1.29, 1.82) is 0 Å². The number of fused-ring (bicyclic) bond motifs is 1. The first kappa shape index (κ1) is 14.3. The average molecular weight is 317 g/mol. The minimum atomic E-state index is -0.539. The molecule has 0 bridgehead atoms. The fourth-order valence-electron chi connectivity index (χ4n) is 2.90. The molecular formula is C20H12FNO2. The van der Waals surface area contributed by atoms with Crippen LogP contribution in [0.4, 0.5) is 10.1 Å². The summed E-state index contributed by atoms with van der Waals surface area (Å²) in [6.07, 6.45) is 0. The van der Waals surface area contributed by atoms with Crippen LogP contribution in [0.15, 0.2) is 72.8 Å². The Morgan fingerprint density at radius 1 is 0.792 bits per heavy atom. The van der Waals surface area contributed by atoms with E-state index in [1.807, 2.05) is 42.5 Å². The van der Waals surface area contributed by atoms with E-state index < -0.39 is 5.82 Å². The van der Waals surface area contributed by atoms with E-state index in [4.69, 9.17) is 0 Å². The normalized spacial score (nSPS) is 13.3. The Labute approximate surface area is 137 Å². The predicted octanol–water partition coefficient (Wildman–Crippen LogP) is 4.32. The van der Waals surface area contributed by atoms with Crippen LogP contribution in [0.2, 0.25) is 0 Å². The maximum absolute atomic E-state index is 13.3. The molecule has 4 rings (SSSR count). The van der Waals surface area contributed by atoms with Gasteiger partial charge < -0.3 is 5.21 Å². The molecule has 4 heteroatoms. The van der Waals surface area contributed by atoms with Gasteiger partial charge in [0.25, 0.3) is 11.5 Å². The molecule has 1 aliphatic heterocycles. The Balaban J connectivity index is 1.76. The van der Waals surface area contributed by atoms with Gasteiger partial charge in [0, 0.05) is 6.07 Å². The van der Waals surface area contributed by atoms with Gasteiger partial charge in [0.15, 0.2) is 0 Å². The fourth-order valence-corrected chi connectivity index (χ4v) is 2.90. The molecule has 0 N–H and O–H groups in total. The number of halogens is 1. The third kappa shape index (κ3) is 2.20. The van der Waals surface area contributed by atoms with Gasteiger partial charge in [-0.1, -0.05) is 42.5 Å². The van der Waals surface area contributed by atoms with E-state index >= 15 is 0 Å². The summed E-state index contributed by atoms with van der Waals surface area (Å²) < 4.78 is 13.9. The summed E-state index contributed by atoms with van der Waals surface area (Å²) in [4.78, 5) is 12.5. The van der Waals surface area contributed by atoms with Gasteiger partial charge in [-0.05, 0) is 35.4 Å². The minimum absolute atomic E-state index is 0.0233. The summed E-state index contributed by atoms with van der Waals surface area (Å²) >= 11 is 0. The number of carbonyl (C=O) groups is 1. The lowest BCUT2D eigenvalue weighted by Crippen LogP contribution is -2.16. The monoisotopic (exact) mass is 317 g/mol. The zero-order valence-electron chi connectivity index (χ0n) is 12.6. The number of hydrogen-bond donors (Lipinski definition) is 0. The molecule has 0 radical (unpaired) electrons. The molecule has 3 aromatic carbocycles. The zero-order valence-corrected chi connectivity index (χ0v) is 12.6. The number of rotatable bonds is 2. The first-order valence-electron chi connectivity index (χ1n) is 7.49. The van der Waals surface area contributed by atoms with Crippen molar-refractivity contribution < 1.29 is 13.9 Å². The van der Waals surface area contributed by atoms with Gasteiger partial charge in [-0.3, -0.25) is 4.79 Å². The highest BCUT2D eigenvalue weighted by Gasteiger charge is 2.36. The molecule has 0 aromatic heterocycles. The molecule has 0 saturated heterocycles. The Kier molecular flexibility index (Phi) is 3.24. The number of Topliss-reactive ketones (excluding diaryl/α,β-unsaturated/α-hetero) is 1. The predicted molar refractivity (Wildman–Crippen MR) is 90.0 cm³/mol. The van der Waals surface area contributed by atoms with E-state index in [1.165, 1.54) is 12.1 Å². The SMILES string of the molecule is O=C1C(c2ccc(-c3ccccc3)cc2)=[N+]([O-])c2cc(F)ccc21. The van der Waals surface area contributed by atoms with Crippen LogP contribution in [-0.4, -0.2) is 16.2 Å². The second-order valence-electron chi connectivity index (χ2n) is 5.58. The van der Waals surface area contributed by atoms with Gasteiger partial charge in [-0.15, -0.1) is 0 Å². The molecule has 24 heavy (non-hydrogen) atoms. The van der Waals surface area contributed by atoms with Crippen molar-refractivity contribution in [1.82, 2.24) is 0 Å². The first-order chi connectivity index (χ1) is 11.6. The van der Waals surface area contributed by atoms with E-state index in [1.54, 1.807) is 12.1 Å². The van der Waals surface area contributed by atoms with E-state index in [0.717, 1.165) is 17.2 Å². The van der Waals surface area contributed by atoms with Crippen LogP contribution in [0.5, 0.6) is 0 Å². The maximum Gasteiger partial charge on any atom is 0.272 e. The number of nitrogens with zero attached hydrogens (tertiary/aromatic N) is 1. The van der Waals surface area contributed by atoms with Gasteiger partial charge in [0.2, 0.25) is 5.69 Å². The highest BCUT2D eigenvalue weighted by molar-refractivity contribution is 6.52. The van der Waals surface area contributed by atoms with Gasteiger partial charge in [-0.2, -0.15) is 4.74 Å². The molecule has 3 aromatic rings. The van der Waals surface area contributed by atoms with Gasteiger partial charge in [0.1, 0.15) is 11.4 Å². The molecule has 1 heterocycles. The Bertz CT molecular complexity index is 976. The largest absolute Gasteiger partial charge is 0.618 e. The highest BCUT2D eigenvalue weighted by atomic mass is 19.1. The van der Waals surface area contributed by atoms with Crippen LogP contribution in [0.25, 0.3) is 11.1 Å². The molecule has 116 valence electrons. The topological polar surface area (TPSA) is 43.1 Å². The van der Waals surface area contributed by atoms with Crippen molar-refractivity contribution in [3.63, 3.8) is 0 Å². The smallest absolute Gasteiger partial charge is 0.272 e. The summed E-state index contributed by atoms with van der Waals surface area (Å²) in [6.45, 7) is 0. The quantitative estimate of drug-likeness (QED) is 0.522. The van der Waals surface area contributed by atoms with Gasteiger partial charge in [0.05, 0.1) is 5.56 Å². The van der Waals surface area contributed by atoms with Crippen molar-refractivity contribution in [2.24, 2.45) is 0 Å². The summed E-state index contributed by atoms with van der Waals surface area (Å²) in [6, 6.07) is 20.6. The minimum Gasteiger partial charge on any atom is -0.618 e. The molecule has 0 unspecified atom stereocenters. The number of ketones is 1. The maximum atomic E-state index is 13.3. The first-order valence-corrected chi connectivity index (χ1v) is 7.49. The number of hydrogen-bond acceptors (Lipinski definition) is 2. The van der Waals surface area contributed by atoms with E-state index in [2.05, 4.69) is 0 Å². The third-order valence-corrected chi connectivity index (χ3v) is 4.11. The lowest BCUT2D eigenvalue weighted by molar-refractivity contribution is -0.355. The van der Waals surface area contributed by atoms with Gasteiger partial charge in [-0.25, -0.2) is 4.39 Å². The zero-order chi connectivity index (χ0) is 16.7. The summed E-state index contributed by atoms with van der Waals surface area (Å²) in [5.41, 5.74) is 2.87. The molecule has 1 aliphatic rings. The number of carbonyl (C=O) groups excluding carboxylic acids is 1. The molecule has 0 spiro atoms. The summed E-state index contributed by atoms with van der Waals surface area (Å²) in [5, 5.41) is 12.4. The van der Waals surface area contributed by atoms with Crippen molar-refractivity contribution in [3.05, 3.63) is 94.9 Å². The molecule has 0 saturated carbocycles. The summed E-state index contributed by atoms with van der Waals surface area (Å²) in [7, 11) is 0. The standard InChI is InChI=1S/C20H12FNO2/c21-16-10-11-17-18(12-16)22(24)19(20(17)23)15-8-6-14(7-9-15)13-4-2-1-3-5-13/h1-12H.